The molecular formula is C29H27N5O4S3. The zero-order valence-electron chi connectivity index (χ0n) is 22.8. The van der Waals surface area contributed by atoms with Gasteiger partial charge in [0.1, 0.15) is 4.70 Å². The Kier molecular flexibility index (Phi) is 8.43. The van der Waals surface area contributed by atoms with E-state index in [0.717, 1.165) is 23.1 Å². The summed E-state index contributed by atoms with van der Waals surface area (Å²) in [7, 11) is 6.98. The van der Waals surface area contributed by atoms with Gasteiger partial charge in [-0.3, -0.25) is 18.7 Å². The summed E-state index contributed by atoms with van der Waals surface area (Å²) in [5, 5.41) is 3.25. The Bertz CT molecular complexity index is 1830. The Morgan fingerprint density at radius 1 is 0.976 bits per heavy atom. The number of benzene rings is 3. The summed E-state index contributed by atoms with van der Waals surface area (Å²) in [5.41, 5.74) is 3.17. The van der Waals surface area contributed by atoms with E-state index in [2.05, 4.69) is 5.32 Å². The van der Waals surface area contributed by atoms with Crippen molar-refractivity contribution in [1.82, 2.24) is 14.1 Å². The van der Waals surface area contributed by atoms with Gasteiger partial charge in [-0.15, -0.1) is 0 Å². The molecule has 0 saturated heterocycles. The van der Waals surface area contributed by atoms with Crippen LogP contribution in [0.25, 0.3) is 21.7 Å². The molecule has 0 aliphatic carbocycles. The van der Waals surface area contributed by atoms with E-state index in [9.17, 15) is 9.59 Å². The van der Waals surface area contributed by atoms with Crippen LogP contribution in [0.2, 0.25) is 0 Å². The molecule has 0 fully saturated rings. The van der Waals surface area contributed by atoms with Crippen molar-refractivity contribution in [3.8, 4) is 22.9 Å². The molecule has 0 spiro atoms. The number of amides is 1. The van der Waals surface area contributed by atoms with Crippen LogP contribution in [0.1, 0.15) is 0 Å². The Balaban J connectivity index is 1.57. The molecule has 0 radical (unpaired) electrons. The standard InChI is InChI=1S/C29H27N5O4S3/c1-32(2)19-12-10-18(11-13-19)30-24(35)17-40-28-31-26-25(41-29(39)33(26)20-8-6-5-7-9-20)27(36)34(28)21-14-15-22(37-3)23(16-21)38-4/h5-16H,17H2,1-4H3,(H,30,35). The number of para-hydroxylation sites is 1. The predicted octanol–water partition coefficient (Wildman–Crippen LogP) is 5.78. The lowest BCUT2D eigenvalue weighted by atomic mass is 10.2. The van der Waals surface area contributed by atoms with Gasteiger partial charge in [0, 0.05) is 37.2 Å². The summed E-state index contributed by atoms with van der Waals surface area (Å²) in [5.74, 6) is 0.780. The number of carbonyl (C=O) groups is 1. The number of nitrogens with one attached hydrogen (secondary N) is 1. The van der Waals surface area contributed by atoms with Gasteiger partial charge in [0.25, 0.3) is 5.56 Å². The fraction of sp³-hybridized carbons (Fsp3) is 0.172. The maximum atomic E-state index is 14.0. The number of thiazole rings is 1. The number of hydrogen-bond acceptors (Lipinski definition) is 9. The number of thioether (sulfide) groups is 1. The van der Waals surface area contributed by atoms with Gasteiger partial charge in [0.05, 0.1) is 25.7 Å². The molecule has 0 atom stereocenters. The number of carbonyl (C=O) groups excluding carboxylic acids is 1. The van der Waals surface area contributed by atoms with Gasteiger partial charge in [-0.25, -0.2) is 4.98 Å². The molecule has 1 N–H and O–H groups in total. The van der Waals surface area contributed by atoms with Crippen LogP contribution in [0.3, 0.4) is 0 Å². The summed E-state index contributed by atoms with van der Waals surface area (Å²) in [6.07, 6.45) is 0. The molecule has 0 saturated carbocycles. The van der Waals surface area contributed by atoms with E-state index in [0.29, 0.717) is 42.3 Å². The third kappa shape index (κ3) is 5.85. The van der Waals surface area contributed by atoms with Crippen LogP contribution in [-0.2, 0) is 4.79 Å². The molecule has 1 amide bonds. The quantitative estimate of drug-likeness (QED) is 0.129. The van der Waals surface area contributed by atoms with Gasteiger partial charge in [0.2, 0.25) is 5.91 Å². The summed E-state index contributed by atoms with van der Waals surface area (Å²) in [6, 6.07) is 22.3. The van der Waals surface area contributed by atoms with E-state index in [1.165, 1.54) is 23.0 Å². The van der Waals surface area contributed by atoms with Crippen molar-refractivity contribution in [2.75, 3.05) is 44.3 Å². The number of anilines is 2. The van der Waals surface area contributed by atoms with Crippen molar-refractivity contribution in [2.45, 2.75) is 5.16 Å². The van der Waals surface area contributed by atoms with Crippen LogP contribution in [0.15, 0.2) is 82.7 Å². The van der Waals surface area contributed by atoms with Crippen LogP contribution < -0.4 is 25.2 Å². The van der Waals surface area contributed by atoms with Crippen LogP contribution in [-0.4, -0.2) is 54.1 Å². The van der Waals surface area contributed by atoms with E-state index in [-0.39, 0.29) is 17.2 Å². The number of methoxy groups -OCH3 is 2. The van der Waals surface area contributed by atoms with Crippen LogP contribution in [0.5, 0.6) is 11.5 Å². The second-order valence-electron chi connectivity index (χ2n) is 9.04. The predicted molar refractivity (Wildman–Crippen MR) is 169 cm³/mol. The topological polar surface area (TPSA) is 90.6 Å². The summed E-state index contributed by atoms with van der Waals surface area (Å²) in [6.45, 7) is 0. The van der Waals surface area contributed by atoms with Gasteiger partial charge in [-0.1, -0.05) is 41.3 Å². The summed E-state index contributed by atoms with van der Waals surface area (Å²) < 4.78 is 15.0. The number of ether oxygens (including phenoxy) is 2. The van der Waals surface area contributed by atoms with E-state index >= 15 is 0 Å². The highest BCUT2D eigenvalue weighted by Gasteiger charge is 2.21. The normalized spacial score (nSPS) is 10.9. The molecule has 2 aromatic heterocycles. The number of aromatic nitrogens is 3. The molecule has 2 heterocycles. The fourth-order valence-corrected chi connectivity index (χ4v) is 6.31. The maximum absolute atomic E-state index is 14.0. The molecule has 210 valence electrons. The number of hydrogen-bond donors (Lipinski definition) is 1. The summed E-state index contributed by atoms with van der Waals surface area (Å²) >= 11 is 8.02. The Labute approximate surface area is 250 Å². The molecule has 0 bridgehead atoms. The van der Waals surface area contributed by atoms with E-state index < -0.39 is 0 Å². The minimum absolute atomic E-state index is 0.0247. The van der Waals surface area contributed by atoms with Crippen LogP contribution >= 0.6 is 35.3 Å². The average molecular weight is 606 g/mol. The van der Waals surface area contributed by atoms with Crippen molar-refractivity contribution in [1.29, 1.82) is 0 Å². The van der Waals surface area contributed by atoms with Gasteiger partial charge >= 0.3 is 0 Å². The van der Waals surface area contributed by atoms with Crippen molar-refractivity contribution in [3.63, 3.8) is 0 Å². The molecular weight excluding hydrogens is 579 g/mol. The molecule has 12 heteroatoms. The maximum Gasteiger partial charge on any atom is 0.278 e. The zero-order valence-corrected chi connectivity index (χ0v) is 25.2. The first-order valence-electron chi connectivity index (χ1n) is 12.5. The molecule has 3 aromatic carbocycles. The van der Waals surface area contributed by atoms with E-state index in [1.54, 1.807) is 29.9 Å². The first-order chi connectivity index (χ1) is 19.8. The van der Waals surface area contributed by atoms with E-state index in [4.69, 9.17) is 26.7 Å². The third-order valence-corrected chi connectivity index (χ3v) is 8.51. The molecule has 5 rings (SSSR count). The molecule has 0 unspecified atom stereocenters. The summed E-state index contributed by atoms with van der Waals surface area (Å²) in [4.78, 5) is 33.8. The smallest absolute Gasteiger partial charge is 0.278 e. The lowest BCUT2D eigenvalue weighted by molar-refractivity contribution is -0.113. The molecule has 0 aliphatic rings. The average Bonchev–Trinajstić information content (AvgIpc) is 3.32. The van der Waals surface area contributed by atoms with Gasteiger partial charge < -0.3 is 19.7 Å². The van der Waals surface area contributed by atoms with Crippen LogP contribution in [0.4, 0.5) is 11.4 Å². The Hall–Kier alpha value is -4.13. The largest absolute Gasteiger partial charge is 0.493 e. The van der Waals surface area contributed by atoms with Crippen LogP contribution in [0, 0.1) is 3.95 Å². The first kappa shape index (κ1) is 28.4. The SMILES string of the molecule is COc1ccc(-n2c(SCC(=O)Nc3ccc(N(C)C)cc3)nc3c(sc(=S)n3-c3ccccc3)c2=O)cc1OC. The second kappa shape index (κ2) is 12.2. The zero-order chi connectivity index (χ0) is 29.1. The van der Waals surface area contributed by atoms with Gasteiger partial charge in [0.15, 0.2) is 26.3 Å². The fourth-order valence-electron chi connectivity index (χ4n) is 4.20. The van der Waals surface area contributed by atoms with E-state index in [1.807, 2.05) is 73.6 Å². The molecule has 9 nitrogen and oxygen atoms in total. The number of rotatable bonds is 9. The minimum atomic E-state index is -0.296. The minimum Gasteiger partial charge on any atom is -0.493 e. The van der Waals surface area contributed by atoms with Crippen molar-refractivity contribution < 1.29 is 14.3 Å². The Morgan fingerprint density at radius 3 is 2.34 bits per heavy atom. The van der Waals surface area contributed by atoms with Gasteiger partial charge in [-0.2, -0.15) is 0 Å². The molecule has 0 aliphatic heterocycles. The highest BCUT2D eigenvalue weighted by molar-refractivity contribution is 7.99. The van der Waals surface area contributed by atoms with Crippen molar-refractivity contribution in [2.24, 2.45) is 0 Å². The van der Waals surface area contributed by atoms with Crippen molar-refractivity contribution in [3.05, 3.63) is 87.1 Å². The number of nitrogens with zero attached hydrogens (tertiary/aromatic N) is 4. The molecule has 5 aromatic rings. The Morgan fingerprint density at radius 2 is 1.68 bits per heavy atom. The molecule has 41 heavy (non-hydrogen) atoms. The highest BCUT2D eigenvalue weighted by Crippen LogP contribution is 2.32. The third-order valence-electron chi connectivity index (χ3n) is 6.22. The number of fused-ring (bicyclic) bond motifs is 1. The highest BCUT2D eigenvalue weighted by atomic mass is 32.2. The lowest BCUT2D eigenvalue weighted by Crippen LogP contribution is -2.23. The van der Waals surface area contributed by atoms with Gasteiger partial charge in [-0.05, 0) is 60.7 Å². The first-order valence-corrected chi connectivity index (χ1v) is 14.7. The monoisotopic (exact) mass is 605 g/mol. The second-order valence-corrected chi connectivity index (χ2v) is 11.6. The van der Waals surface area contributed by atoms with Crippen molar-refractivity contribution >= 4 is 62.9 Å². The lowest BCUT2D eigenvalue weighted by Gasteiger charge is -2.15.